The van der Waals surface area contributed by atoms with E-state index in [9.17, 15) is 9.59 Å². The minimum atomic E-state index is -0.489. The van der Waals surface area contributed by atoms with E-state index in [-0.39, 0.29) is 17.7 Å². The summed E-state index contributed by atoms with van der Waals surface area (Å²) >= 11 is 1.34. The molecule has 2 aromatic heterocycles. The molecule has 0 bridgehead atoms. The molecule has 6 nitrogen and oxygen atoms in total. The van der Waals surface area contributed by atoms with Crippen LogP contribution in [0.1, 0.15) is 17.3 Å². The summed E-state index contributed by atoms with van der Waals surface area (Å²) in [7, 11) is 0. The van der Waals surface area contributed by atoms with Gasteiger partial charge in [-0.05, 0) is 13.2 Å². The van der Waals surface area contributed by atoms with E-state index in [0.717, 1.165) is 0 Å². The molecule has 2 aromatic rings. The maximum Gasteiger partial charge on any atom is 0.343 e. The molecule has 0 aliphatic heterocycles. The van der Waals surface area contributed by atoms with Gasteiger partial charge in [0.15, 0.2) is 5.65 Å². The molecule has 0 fully saturated rings. The number of carbonyl (C=O) groups excluding carboxylic acids is 1. The largest absolute Gasteiger partial charge is 0.462 e. The van der Waals surface area contributed by atoms with Gasteiger partial charge in [0, 0.05) is 12.3 Å². The first-order valence-electron chi connectivity index (χ1n) is 4.99. The van der Waals surface area contributed by atoms with E-state index in [0.29, 0.717) is 10.7 Å². The van der Waals surface area contributed by atoms with Gasteiger partial charge in [-0.1, -0.05) is 0 Å². The SMILES string of the molecule is CCOC(=O)c1c[nH]n2c(=O)cc(SC)nc12. The van der Waals surface area contributed by atoms with Crippen molar-refractivity contribution in [1.29, 1.82) is 0 Å². The van der Waals surface area contributed by atoms with Crippen LogP contribution in [-0.2, 0) is 4.74 Å². The highest BCUT2D eigenvalue weighted by molar-refractivity contribution is 7.98. The third-order valence-corrected chi connectivity index (χ3v) is 2.81. The van der Waals surface area contributed by atoms with Crippen LogP contribution in [0, 0.1) is 0 Å². The van der Waals surface area contributed by atoms with E-state index in [2.05, 4.69) is 10.1 Å². The molecule has 17 heavy (non-hydrogen) atoms. The summed E-state index contributed by atoms with van der Waals surface area (Å²) in [4.78, 5) is 27.5. The second-order valence-corrected chi connectivity index (χ2v) is 4.03. The first-order valence-corrected chi connectivity index (χ1v) is 6.22. The summed E-state index contributed by atoms with van der Waals surface area (Å²) in [6, 6.07) is 1.41. The fourth-order valence-electron chi connectivity index (χ4n) is 1.42. The van der Waals surface area contributed by atoms with Gasteiger partial charge >= 0.3 is 5.97 Å². The fraction of sp³-hybridized carbons (Fsp3) is 0.300. The highest BCUT2D eigenvalue weighted by Gasteiger charge is 2.16. The molecule has 0 saturated carbocycles. The van der Waals surface area contributed by atoms with Crippen LogP contribution in [0.5, 0.6) is 0 Å². The number of aromatic amines is 1. The summed E-state index contributed by atoms with van der Waals surface area (Å²) in [5.41, 5.74) is 0.301. The predicted octanol–water partition coefficient (Wildman–Crippen LogP) is 0.921. The molecule has 0 radical (unpaired) electrons. The van der Waals surface area contributed by atoms with Gasteiger partial charge in [0.1, 0.15) is 10.6 Å². The molecule has 0 aromatic carbocycles. The molecule has 2 heterocycles. The quantitative estimate of drug-likeness (QED) is 0.500. The standard InChI is InChI=1S/C10H11N3O3S/c1-3-16-10(15)6-5-11-13-8(14)4-7(17-2)12-9(6)13/h4-5,11H,3H2,1-2H3. The first-order chi connectivity index (χ1) is 8.17. The lowest BCUT2D eigenvalue weighted by Crippen LogP contribution is -2.15. The van der Waals surface area contributed by atoms with Gasteiger partial charge in [0.2, 0.25) is 0 Å². The minimum absolute atomic E-state index is 0.255. The van der Waals surface area contributed by atoms with Crippen molar-refractivity contribution in [3.63, 3.8) is 0 Å². The van der Waals surface area contributed by atoms with Crippen molar-refractivity contribution in [3.8, 4) is 0 Å². The molecule has 0 saturated heterocycles. The van der Waals surface area contributed by atoms with Gasteiger partial charge in [-0.2, -0.15) is 0 Å². The molecule has 1 N–H and O–H groups in total. The Morgan fingerprint density at radius 1 is 1.65 bits per heavy atom. The Hall–Kier alpha value is -1.76. The second-order valence-electron chi connectivity index (χ2n) is 3.20. The maximum atomic E-state index is 11.7. The lowest BCUT2D eigenvalue weighted by molar-refractivity contribution is 0.0528. The van der Waals surface area contributed by atoms with Crippen LogP contribution in [0.15, 0.2) is 22.1 Å². The molecule has 7 heteroatoms. The van der Waals surface area contributed by atoms with Crippen molar-refractivity contribution in [2.75, 3.05) is 12.9 Å². The number of hydrogen-bond acceptors (Lipinski definition) is 5. The number of aromatic nitrogens is 3. The van der Waals surface area contributed by atoms with E-state index in [1.807, 2.05) is 6.26 Å². The average Bonchev–Trinajstić information content (AvgIpc) is 2.73. The Kier molecular flexibility index (Phi) is 3.19. The van der Waals surface area contributed by atoms with Gasteiger partial charge in [0.25, 0.3) is 5.56 Å². The summed E-state index contributed by atoms with van der Waals surface area (Å²) in [6.45, 7) is 2.00. The molecule has 0 aliphatic carbocycles. The third kappa shape index (κ3) is 2.05. The van der Waals surface area contributed by atoms with E-state index in [4.69, 9.17) is 4.74 Å². The Morgan fingerprint density at radius 3 is 3.06 bits per heavy atom. The molecule has 90 valence electrons. The van der Waals surface area contributed by atoms with Crippen LogP contribution in [0.4, 0.5) is 0 Å². The van der Waals surface area contributed by atoms with Crippen LogP contribution in [-0.4, -0.2) is 33.4 Å². The number of rotatable bonds is 3. The summed E-state index contributed by atoms with van der Waals surface area (Å²) < 4.78 is 6.10. The van der Waals surface area contributed by atoms with Crippen molar-refractivity contribution in [3.05, 3.63) is 28.2 Å². The fourth-order valence-corrected chi connectivity index (χ4v) is 1.82. The predicted molar refractivity (Wildman–Crippen MR) is 63.6 cm³/mol. The lowest BCUT2D eigenvalue weighted by Gasteiger charge is -2.00. The normalized spacial score (nSPS) is 10.7. The Bertz CT molecular complexity index is 617. The molecule has 0 spiro atoms. The Balaban J connectivity index is 2.62. The number of nitrogens with one attached hydrogen (secondary N) is 1. The topological polar surface area (TPSA) is 76.5 Å². The number of H-pyrrole nitrogens is 1. The van der Waals surface area contributed by atoms with Crippen molar-refractivity contribution >= 4 is 23.4 Å². The molecule has 2 rings (SSSR count). The van der Waals surface area contributed by atoms with Crippen molar-refractivity contribution < 1.29 is 9.53 Å². The molecular formula is C10H11N3O3S. The zero-order valence-electron chi connectivity index (χ0n) is 9.39. The number of carbonyl (C=O) groups is 1. The number of esters is 1. The van der Waals surface area contributed by atoms with Crippen molar-refractivity contribution in [1.82, 2.24) is 14.6 Å². The number of hydrogen-bond donors (Lipinski definition) is 1. The highest BCUT2D eigenvalue weighted by Crippen LogP contribution is 2.13. The third-order valence-electron chi connectivity index (χ3n) is 2.18. The lowest BCUT2D eigenvalue weighted by atomic mass is 10.3. The van der Waals surface area contributed by atoms with E-state index in [1.54, 1.807) is 6.92 Å². The molecule has 0 unspecified atom stereocenters. The van der Waals surface area contributed by atoms with E-state index < -0.39 is 5.97 Å². The monoisotopic (exact) mass is 253 g/mol. The van der Waals surface area contributed by atoms with E-state index >= 15 is 0 Å². The Labute approximate surface area is 101 Å². The molecule has 0 aliphatic rings. The highest BCUT2D eigenvalue weighted by atomic mass is 32.2. The molecule has 0 amide bonds. The number of fused-ring (bicyclic) bond motifs is 1. The summed E-state index contributed by atoms with van der Waals surface area (Å²) in [5, 5.41) is 3.25. The Morgan fingerprint density at radius 2 is 2.41 bits per heavy atom. The minimum Gasteiger partial charge on any atom is -0.462 e. The van der Waals surface area contributed by atoms with Crippen molar-refractivity contribution in [2.45, 2.75) is 11.9 Å². The van der Waals surface area contributed by atoms with Crippen LogP contribution in [0.25, 0.3) is 5.65 Å². The van der Waals surface area contributed by atoms with Gasteiger partial charge in [-0.3, -0.25) is 9.89 Å². The molecular weight excluding hydrogens is 242 g/mol. The van der Waals surface area contributed by atoms with Gasteiger partial charge in [-0.15, -0.1) is 11.8 Å². The van der Waals surface area contributed by atoms with E-state index in [1.165, 1.54) is 28.5 Å². The van der Waals surface area contributed by atoms with Crippen LogP contribution in [0.2, 0.25) is 0 Å². The zero-order chi connectivity index (χ0) is 12.4. The molecule has 0 atom stereocenters. The average molecular weight is 253 g/mol. The summed E-state index contributed by atoms with van der Waals surface area (Å²) in [5.74, 6) is -0.489. The number of ether oxygens (including phenoxy) is 1. The van der Waals surface area contributed by atoms with Gasteiger partial charge < -0.3 is 4.74 Å². The number of thioether (sulfide) groups is 1. The maximum absolute atomic E-state index is 11.7. The van der Waals surface area contributed by atoms with Crippen LogP contribution >= 0.6 is 11.8 Å². The van der Waals surface area contributed by atoms with Crippen molar-refractivity contribution in [2.24, 2.45) is 0 Å². The smallest absolute Gasteiger partial charge is 0.343 e. The zero-order valence-corrected chi connectivity index (χ0v) is 10.2. The number of nitrogens with zero attached hydrogens (tertiary/aromatic N) is 2. The van der Waals surface area contributed by atoms with Crippen LogP contribution < -0.4 is 5.56 Å². The summed E-state index contributed by atoms with van der Waals surface area (Å²) in [6.07, 6.45) is 3.24. The van der Waals surface area contributed by atoms with Gasteiger partial charge in [0.05, 0.1) is 6.61 Å². The second kappa shape index (κ2) is 4.62. The first kappa shape index (κ1) is 11.7. The van der Waals surface area contributed by atoms with Crippen LogP contribution in [0.3, 0.4) is 0 Å². The van der Waals surface area contributed by atoms with Gasteiger partial charge in [-0.25, -0.2) is 14.3 Å².